The van der Waals surface area contributed by atoms with Gasteiger partial charge in [-0.05, 0) is 41.6 Å². The van der Waals surface area contributed by atoms with Gasteiger partial charge >= 0.3 is 15.0 Å². The van der Waals surface area contributed by atoms with Crippen molar-refractivity contribution in [2.75, 3.05) is 19.8 Å². The average molecular weight is 482 g/mol. The fraction of sp³-hybridized carbons (Fsp3) is 1.00. The molecule has 186 valence electrons. The number of rotatable bonds is 22. The maximum atomic E-state index is 13.6. The van der Waals surface area contributed by atoms with Crippen LogP contribution in [0.3, 0.4) is 0 Å². The second kappa shape index (κ2) is 19.7. The number of unbranched alkanes of at least 4 members (excludes halogenated alkanes) is 3. The molecule has 0 saturated heterocycles. The molecule has 0 amide bonds. The van der Waals surface area contributed by atoms with E-state index in [1.807, 2.05) is 0 Å². The molecule has 0 aliphatic carbocycles. The lowest BCUT2D eigenvalue weighted by atomic mass is 10.0. The molecule has 7 heteroatoms. The van der Waals surface area contributed by atoms with E-state index in [1.54, 1.807) is 0 Å². The molecule has 0 aliphatic heterocycles. The molecule has 0 saturated carbocycles. The number of hydrogen-bond donors (Lipinski definition) is 0. The molecule has 0 N–H and O–H groups in total. The van der Waals surface area contributed by atoms with E-state index in [4.69, 9.17) is 13.6 Å². The molecule has 0 bridgehead atoms. The highest BCUT2D eigenvalue weighted by molar-refractivity contribution is 8.21. The van der Waals surface area contributed by atoms with Crippen LogP contribution in [0.1, 0.15) is 119 Å². The van der Waals surface area contributed by atoms with Gasteiger partial charge in [-0.3, -0.25) is 9.05 Å². The van der Waals surface area contributed by atoms with Crippen molar-refractivity contribution < 1.29 is 22.7 Å². The van der Waals surface area contributed by atoms with E-state index in [0.717, 1.165) is 77.0 Å². The molecule has 0 aromatic rings. The first-order chi connectivity index (χ1) is 14.9. The van der Waals surface area contributed by atoms with E-state index in [1.165, 1.54) is 0 Å². The largest absolute Gasteiger partial charge is 0.622 e. The second-order valence-electron chi connectivity index (χ2n) is 8.84. The molecule has 31 heavy (non-hydrogen) atoms. The first kappa shape index (κ1) is 31.2. The predicted molar refractivity (Wildman–Crippen MR) is 133 cm³/mol. The number of hydrogen-bond acceptors (Lipinski definition) is 5. The molecule has 0 rings (SSSR count). The van der Waals surface area contributed by atoms with Crippen LogP contribution in [0.25, 0.3) is 0 Å². The van der Waals surface area contributed by atoms with Gasteiger partial charge in [-0.25, -0.2) is 4.57 Å². The lowest BCUT2D eigenvalue weighted by molar-refractivity contribution is 0.156. The summed E-state index contributed by atoms with van der Waals surface area (Å²) in [4.78, 5) is 0. The minimum atomic E-state index is -3.81. The Labute approximate surface area is 194 Å². The lowest BCUT2D eigenvalue weighted by Crippen LogP contribution is -2.12. The first-order valence-electron chi connectivity index (χ1n) is 12.9. The molecular formula is C24H51O5P2+. The van der Waals surface area contributed by atoms with Gasteiger partial charge in [-0.2, -0.15) is 0 Å². The van der Waals surface area contributed by atoms with Crippen LogP contribution in [-0.4, -0.2) is 19.8 Å². The fourth-order valence-electron chi connectivity index (χ4n) is 3.46. The highest BCUT2D eigenvalue weighted by Gasteiger charge is 2.52. The van der Waals surface area contributed by atoms with Crippen molar-refractivity contribution in [3.8, 4) is 0 Å². The molecule has 0 aliphatic rings. The van der Waals surface area contributed by atoms with Crippen molar-refractivity contribution >= 4 is 15.0 Å². The monoisotopic (exact) mass is 481 g/mol. The molecule has 0 aromatic heterocycles. The summed E-state index contributed by atoms with van der Waals surface area (Å²) < 4.78 is 43.8. The smallest absolute Gasteiger partial charge is 0.269 e. The molecule has 4 atom stereocenters. The van der Waals surface area contributed by atoms with Crippen LogP contribution in [0.2, 0.25) is 0 Å². The van der Waals surface area contributed by atoms with Gasteiger partial charge in [0.15, 0.2) is 0 Å². The van der Waals surface area contributed by atoms with Gasteiger partial charge in [0, 0.05) is 0 Å². The minimum absolute atomic E-state index is 0.301. The van der Waals surface area contributed by atoms with E-state index < -0.39 is 15.0 Å². The SMILES string of the molecule is CCCCC(CC)CO[P+](=O)P(=O)(OCC(CC)CCCC)OCC(CC)CCCC. The second-order valence-corrected chi connectivity index (χ2v) is 13.5. The van der Waals surface area contributed by atoms with E-state index >= 15 is 0 Å². The molecule has 0 heterocycles. The topological polar surface area (TPSA) is 61.8 Å². The molecule has 0 aromatic carbocycles. The van der Waals surface area contributed by atoms with E-state index in [0.29, 0.717) is 37.6 Å². The molecule has 0 fully saturated rings. The Bertz CT molecular complexity index is 463. The van der Waals surface area contributed by atoms with Gasteiger partial charge in [-0.1, -0.05) is 99.3 Å². The third-order valence-corrected chi connectivity index (χ3v) is 10.2. The summed E-state index contributed by atoms with van der Waals surface area (Å²) >= 11 is 0. The van der Waals surface area contributed by atoms with Gasteiger partial charge in [0.05, 0.1) is 13.2 Å². The Kier molecular flexibility index (Phi) is 19.8. The molecular weight excluding hydrogens is 430 g/mol. The normalized spacial score (nSPS) is 17.2. The quantitative estimate of drug-likeness (QED) is 0.144. The van der Waals surface area contributed by atoms with Crippen molar-refractivity contribution in [2.45, 2.75) is 119 Å². The maximum absolute atomic E-state index is 13.6. The third kappa shape index (κ3) is 14.2. The fourth-order valence-corrected chi connectivity index (χ4v) is 6.60. The Morgan fingerprint density at radius 2 is 1.00 bits per heavy atom. The van der Waals surface area contributed by atoms with Crippen molar-refractivity contribution in [3.05, 3.63) is 0 Å². The lowest BCUT2D eigenvalue weighted by Gasteiger charge is -2.18. The third-order valence-electron chi connectivity index (χ3n) is 6.20. The zero-order chi connectivity index (χ0) is 23.5. The molecule has 4 unspecified atom stereocenters. The summed E-state index contributed by atoms with van der Waals surface area (Å²) in [7, 11) is -6.33. The summed E-state index contributed by atoms with van der Waals surface area (Å²) in [5.74, 6) is 0.929. The summed E-state index contributed by atoms with van der Waals surface area (Å²) in [6.45, 7) is 13.8. The van der Waals surface area contributed by atoms with E-state index in [9.17, 15) is 9.13 Å². The summed E-state index contributed by atoms with van der Waals surface area (Å²) in [6, 6.07) is 0. The van der Waals surface area contributed by atoms with Gasteiger partial charge < -0.3 is 0 Å². The standard InChI is InChI=1S/C24H51O5P2/c1-7-13-16-22(10-4)19-27-30(25)31(26,28-20-23(11-5)17-14-8-2)29-21-24(12-6)18-15-9-3/h22-24H,7-21H2,1-6H3/q+1. The zero-order valence-corrected chi connectivity index (χ0v) is 23.1. The first-order valence-corrected chi connectivity index (χ1v) is 16.3. The van der Waals surface area contributed by atoms with Crippen LogP contribution in [0.5, 0.6) is 0 Å². The van der Waals surface area contributed by atoms with Gasteiger partial charge in [-0.15, -0.1) is 4.52 Å². The Hall–Kier alpha value is 0.210. The Morgan fingerprint density at radius 3 is 1.32 bits per heavy atom. The Morgan fingerprint density at radius 1 is 0.645 bits per heavy atom. The highest BCUT2D eigenvalue weighted by Crippen LogP contribution is 2.71. The Balaban J connectivity index is 5.11. The van der Waals surface area contributed by atoms with Crippen LogP contribution in [0.15, 0.2) is 0 Å². The van der Waals surface area contributed by atoms with Crippen molar-refractivity contribution in [1.82, 2.24) is 0 Å². The maximum Gasteiger partial charge on any atom is 0.622 e. The summed E-state index contributed by atoms with van der Waals surface area (Å²) in [5, 5.41) is 0. The van der Waals surface area contributed by atoms with Crippen molar-refractivity contribution in [2.24, 2.45) is 17.8 Å². The molecule has 0 spiro atoms. The van der Waals surface area contributed by atoms with Crippen molar-refractivity contribution in [3.63, 3.8) is 0 Å². The van der Waals surface area contributed by atoms with Gasteiger partial charge in [0.25, 0.3) is 0 Å². The molecule has 0 radical (unpaired) electrons. The predicted octanol–water partition coefficient (Wildman–Crippen LogP) is 9.54. The average Bonchev–Trinajstić information content (AvgIpc) is 2.79. The highest BCUT2D eigenvalue weighted by atomic mass is 32.1. The van der Waals surface area contributed by atoms with Crippen LogP contribution >= 0.6 is 15.0 Å². The van der Waals surface area contributed by atoms with Crippen LogP contribution in [0, 0.1) is 17.8 Å². The zero-order valence-electron chi connectivity index (χ0n) is 21.3. The van der Waals surface area contributed by atoms with Gasteiger partial charge in [0.2, 0.25) is 0 Å². The van der Waals surface area contributed by atoms with Crippen molar-refractivity contribution in [1.29, 1.82) is 0 Å². The van der Waals surface area contributed by atoms with Crippen LogP contribution in [0.4, 0.5) is 0 Å². The van der Waals surface area contributed by atoms with E-state index in [2.05, 4.69) is 41.5 Å². The van der Waals surface area contributed by atoms with Crippen LogP contribution in [-0.2, 0) is 22.7 Å². The summed E-state index contributed by atoms with van der Waals surface area (Å²) in [6.07, 6.45) is 12.6. The van der Waals surface area contributed by atoms with E-state index in [-0.39, 0.29) is 0 Å². The van der Waals surface area contributed by atoms with Crippen LogP contribution < -0.4 is 0 Å². The minimum Gasteiger partial charge on any atom is -0.269 e. The summed E-state index contributed by atoms with van der Waals surface area (Å²) in [5.41, 5.74) is 0. The van der Waals surface area contributed by atoms with Gasteiger partial charge in [0.1, 0.15) is 6.61 Å². The molecule has 5 nitrogen and oxygen atoms in total.